The summed E-state index contributed by atoms with van der Waals surface area (Å²) in [4.78, 5) is 9.77. The molecule has 0 saturated carbocycles. The summed E-state index contributed by atoms with van der Waals surface area (Å²) in [5.74, 6) is 2.17. The van der Waals surface area contributed by atoms with E-state index in [0.717, 1.165) is 68.2 Å². The molecule has 0 bridgehead atoms. The van der Waals surface area contributed by atoms with E-state index in [0.29, 0.717) is 0 Å². The Balaban J connectivity index is 0.00000320. The van der Waals surface area contributed by atoms with Crippen molar-refractivity contribution in [1.82, 2.24) is 20.3 Å². The highest BCUT2D eigenvalue weighted by atomic mass is 127. The van der Waals surface area contributed by atoms with Crippen molar-refractivity contribution < 1.29 is 4.52 Å². The summed E-state index contributed by atoms with van der Waals surface area (Å²) in [7, 11) is 0. The third-order valence-electron chi connectivity index (χ3n) is 5.42. The van der Waals surface area contributed by atoms with Crippen LogP contribution in [0.5, 0.6) is 0 Å². The van der Waals surface area contributed by atoms with Gasteiger partial charge in [-0.25, -0.2) is 0 Å². The third-order valence-corrected chi connectivity index (χ3v) is 5.67. The SMILES string of the molecule is CCNC(=NCC(C)c1c(C)noc1C)N1CCN(Cc2ccc(Cl)cc2)CC1.I. The van der Waals surface area contributed by atoms with Gasteiger partial charge in [0.15, 0.2) is 5.96 Å². The van der Waals surface area contributed by atoms with Gasteiger partial charge in [-0.05, 0) is 38.5 Å². The van der Waals surface area contributed by atoms with Gasteiger partial charge < -0.3 is 14.7 Å². The topological polar surface area (TPSA) is 56.9 Å². The van der Waals surface area contributed by atoms with E-state index in [1.54, 1.807) is 0 Å². The lowest BCUT2D eigenvalue weighted by Crippen LogP contribution is -2.52. The van der Waals surface area contributed by atoms with Crippen molar-refractivity contribution in [1.29, 1.82) is 0 Å². The molecule has 1 atom stereocenters. The van der Waals surface area contributed by atoms with Crippen molar-refractivity contribution in [2.24, 2.45) is 4.99 Å². The fraction of sp³-hybridized carbons (Fsp3) is 0.545. The molecule has 0 aliphatic carbocycles. The molecular weight excluding hydrogens is 513 g/mol. The zero-order valence-corrected chi connectivity index (χ0v) is 21.4. The molecule has 1 aliphatic heterocycles. The standard InChI is InChI=1S/C22H32ClN5O.HI/c1-5-24-22(25-14-16(2)21-17(3)26-29-18(21)4)28-12-10-27(11-13-28)15-19-6-8-20(23)9-7-19;/h6-9,16H,5,10-15H2,1-4H3,(H,24,25);1H. The number of benzene rings is 1. The lowest BCUT2D eigenvalue weighted by atomic mass is 10.00. The Kier molecular flexibility index (Phi) is 9.90. The number of nitrogens with one attached hydrogen (secondary N) is 1. The van der Waals surface area contributed by atoms with Crippen LogP contribution in [0.3, 0.4) is 0 Å². The molecule has 1 N–H and O–H groups in total. The Bertz CT molecular complexity index is 796. The van der Waals surface area contributed by atoms with Crippen molar-refractivity contribution in [3.63, 3.8) is 0 Å². The summed E-state index contributed by atoms with van der Waals surface area (Å²) in [5, 5.41) is 8.32. The average molecular weight is 546 g/mol. The molecule has 0 spiro atoms. The molecule has 30 heavy (non-hydrogen) atoms. The maximum atomic E-state index is 5.99. The van der Waals surface area contributed by atoms with E-state index >= 15 is 0 Å². The smallest absolute Gasteiger partial charge is 0.194 e. The second-order valence-electron chi connectivity index (χ2n) is 7.72. The summed E-state index contributed by atoms with van der Waals surface area (Å²) >= 11 is 5.99. The van der Waals surface area contributed by atoms with Crippen molar-refractivity contribution in [2.45, 2.75) is 40.2 Å². The quantitative estimate of drug-likeness (QED) is 0.330. The first-order valence-corrected chi connectivity index (χ1v) is 10.8. The maximum Gasteiger partial charge on any atom is 0.194 e. The minimum Gasteiger partial charge on any atom is -0.361 e. The van der Waals surface area contributed by atoms with E-state index in [-0.39, 0.29) is 29.9 Å². The molecule has 0 amide bonds. The molecule has 166 valence electrons. The fourth-order valence-corrected chi connectivity index (χ4v) is 4.03. The second kappa shape index (κ2) is 11.9. The molecule has 1 saturated heterocycles. The summed E-state index contributed by atoms with van der Waals surface area (Å²) in [6.07, 6.45) is 0. The highest BCUT2D eigenvalue weighted by Crippen LogP contribution is 2.23. The van der Waals surface area contributed by atoms with Crippen molar-refractivity contribution >= 4 is 41.5 Å². The first-order valence-electron chi connectivity index (χ1n) is 10.4. The van der Waals surface area contributed by atoms with Gasteiger partial charge in [0.05, 0.1) is 5.69 Å². The Morgan fingerprint density at radius 1 is 1.20 bits per heavy atom. The molecule has 1 aromatic heterocycles. The Morgan fingerprint density at radius 2 is 1.87 bits per heavy atom. The highest BCUT2D eigenvalue weighted by Gasteiger charge is 2.21. The molecular formula is C22H33ClIN5O. The van der Waals surface area contributed by atoms with Gasteiger partial charge in [-0.2, -0.15) is 0 Å². The number of hydrogen-bond donors (Lipinski definition) is 1. The van der Waals surface area contributed by atoms with Gasteiger partial charge in [0.2, 0.25) is 0 Å². The van der Waals surface area contributed by atoms with Crippen LogP contribution in [0.2, 0.25) is 5.02 Å². The van der Waals surface area contributed by atoms with Gasteiger partial charge in [0.25, 0.3) is 0 Å². The molecule has 0 radical (unpaired) electrons. The van der Waals surface area contributed by atoms with E-state index in [1.807, 2.05) is 26.0 Å². The van der Waals surface area contributed by atoms with E-state index in [4.69, 9.17) is 21.1 Å². The number of aliphatic imine (C=N–C) groups is 1. The van der Waals surface area contributed by atoms with Crippen LogP contribution < -0.4 is 5.32 Å². The molecule has 3 rings (SSSR count). The molecule has 2 heterocycles. The van der Waals surface area contributed by atoms with Gasteiger partial charge in [-0.3, -0.25) is 9.89 Å². The normalized spacial score (nSPS) is 16.3. The largest absolute Gasteiger partial charge is 0.361 e. The molecule has 1 fully saturated rings. The second-order valence-corrected chi connectivity index (χ2v) is 8.16. The monoisotopic (exact) mass is 545 g/mol. The lowest BCUT2D eigenvalue weighted by Gasteiger charge is -2.36. The Morgan fingerprint density at radius 3 is 2.43 bits per heavy atom. The highest BCUT2D eigenvalue weighted by molar-refractivity contribution is 14.0. The van der Waals surface area contributed by atoms with E-state index in [9.17, 15) is 0 Å². The molecule has 6 nitrogen and oxygen atoms in total. The third kappa shape index (κ3) is 6.59. The minimum atomic E-state index is 0. The first-order chi connectivity index (χ1) is 14.0. The zero-order chi connectivity index (χ0) is 20.8. The van der Waals surface area contributed by atoms with Crippen LogP contribution in [0, 0.1) is 13.8 Å². The van der Waals surface area contributed by atoms with Crippen molar-refractivity contribution in [2.75, 3.05) is 39.3 Å². The molecule has 1 unspecified atom stereocenters. The minimum absolute atomic E-state index is 0. The molecule has 1 aliphatic rings. The van der Waals surface area contributed by atoms with Crippen LogP contribution in [-0.2, 0) is 6.54 Å². The van der Waals surface area contributed by atoms with E-state index in [2.05, 4.69) is 46.3 Å². The van der Waals surface area contributed by atoms with Crippen LogP contribution in [0.4, 0.5) is 0 Å². The van der Waals surface area contributed by atoms with Crippen LogP contribution in [0.15, 0.2) is 33.8 Å². The number of nitrogens with zero attached hydrogens (tertiary/aromatic N) is 4. The Labute approximate surface area is 202 Å². The summed E-state index contributed by atoms with van der Waals surface area (Å²) < 4.78 is 5.32. The number of rotatable bonds is 6. The van der Waals surface area contributed by atoms with Gasteiger partial charge in [-0.1, -0.05) is 35.8 Å². The van der Waals surface area contributed by atoms with Gasteiger partial charge in [-0.15, -0.1) is 24.0 Å². The number of halogens is 2. The number of hydrogen-bond acceptors (Lipinski definition) is 4. The summed E-state index contributed by atoms with van der Waals surface area (Å²) in [5.41, 5.74) is 3.44. The van der Waals surface area contributed by atoms with Gasteiger partial charge >= 0.3 is 0 Å². The van der Waals surface area contributed by atoms with E-state index < -0.39 is 0 Å². The number of guanidine groups is 1. The van der Waals surface area contributed by atoms with Crippen LogP contribution in [0.25, 0.3) is 0 Å². The van der Waals surface area contributed by atoms with E-state index in [1.165, 1.54) is 11.1 Å². The number of aromatic nitrogens is 1. The Hall–Kier alpha value is -1.32. The van der Waals surface area contributed by atoms with Gasteiger partial charge in [0.1, 0.15) is 5.76 Å². The number of piperazine rings is 1. The molecule has 8 heteroatoms. The summed E-state index contributed by atoms with van der Waals surface area (Å²) in [6, 6.07) is 8.14. The first kappa shape index (κ1) is 24.9. The summed E-state index contributed by atoms with van der Waals surface area (Å²) in [6.45, 7) is 14.8. The fourth-order valence-electron chi connectivity index (χ4n) is 3.90. The number of aryl methyl sites for hydroxylation is 2. The van der Waals surface area contributed by atoms with Crippen LogP contribution in [-0.4, -0.2) is 60.2 Å². The van der Waals surface area contributed by atoms with Crippen molar-refractivity contribution in [3.8, 4) is 0 Å². The lowest BCUT2D eigenvalue weighted by molar-refractivity contribution is 0.172. The zero-order valence-electron chi connectivity index (χ0n) is 18.3. The van der Waals surface area contributed by atoms with Gasteiger partial charge in [0, 0.05) is 62.3 Å². The van der Waals surface area contributed by atoms with Crippen LogP contribution >= 0.6 is 35.6 Å². The van der Waals surface area contributed by atoms with Crippen LogP contribution in [0.1, 0.15) is 42.3 Å². The average Bonchev–Trinajstić information content (AvgIpc) is 3.05. The van der Waals surface area contributed by atoms with Crippen molar-refractivity contribution in [3.05, 3.63) is 51.9 Å². The maximum absolute atomic E-state index is 5.99. The predicted molar refractivity (Wildman–Crippen MR) is 134 cm³/mol. The molecule has 1 aromatic carbocycles. The predicted octanol–water partition coefficient (Wildman–Crippen LogP) is 4.45. The molecule has 2 aromatic rings.